The molecule has 1 aliphatic carbocycles. The lowest BCUT2D eigenvalue weighted by atomic mass is 10.00. The Morgan fingerprint density at radius 1 is 1.15 bits per heavy atom. The molecule has 3 aromatic heterocycles. The SMILES string of the molecule is Cc1nc2ncnn2c(NCC2CN(c3ccc(C4CC4)nn3)C2)c1C. The zero-order valence-electron chi connectivity index (χ0n) is 15.1. The minimum absolute atomic E-state index is 0.575. The maximum absolute atomic E-state index is 4.46. The quantitative estimate of drug-likeness (QED) is 0.753. The van der Waals surface area contributed by atoms with Gasteiger partial charge in [0, 0.05) is 42.7 Å². The highest BCUT2D eigenvalue weighted by Gasteiger charge is 2.29. The fourth-order valence-electron chi connectivity index (χ4n) is 3.47. The Bertz CT molecular complexity index is 938. The fraction of sp³-hybridized carbons (Fsp3) is 0.500. The van der Waals surface area contributed by atoms with Gasteiger partial charge >= 0.3 is 0 Å². The van der Waals surface area contributed by atoms with E-state index in [9.17, 15) is 0 Å². The third-order valence-electron chi connectivity index (χ3n) is 5.41. The topological polar surface area (TPSA) is 84.1 Å². The molecule has 134 valence electrons. The van der Waals surface area contributed by atoms with Crippen molar-refractivity contribution >= 4 is 17.4 Å². The Kier molecular flexibility index (Phi) is 3.51. The van der Waals surface area contributed by atoms with Crippen molar-refractivity contribution in [2.45, 2.75) is 32.6 Å². The van der Waals surface area contributed by atoms with Gasteiger partial charge in [0.2, 0.25) is 0 Å². The molecule has 5 rings (SSSR count). The normalized spacial score (nSPS) is 17.5. The first-order valence-corrected chi connectivity index (χ1v) is 9.18. The van der Waals surface area contributed by atoms with Gasteiger partial charge in [-0.15, -0.1) is 5.10 Å². The Balaban J connectivity index is 1.22. The number of hydrogen-bond donors (Lipinski definition) is 1. The highest BCUT2D eigenvalue weighted by atomic mass is 15.4. The van der Waals surface area contributed by atoms with E-state index in [0.717, 1.165) is 48.2 Å². The molecule has 0 radical (unpaired) electrons. The van der Waals surface area contributed by atoms with E-state index in [4.69, 9.17) is 0 Å². The van der Waals surface area contributed by atoms with Crippen molar-refractivity contribution in [3.63, 3.8) is 0 Å². The second-order valence-corrected chi connectivity index (χ2v) is 7.39. The molecule has 8 heteroatoms. The van der Waals surface area contributed by atoms with Crippen molar-refractivity contribution < 1.29 is 0 Å². The molecule has 26 heavy (non-hydrogen) atoms. The van der Waals surface area contributed by atoms with Crippen molar-refractivity contribution in [3.05, 3.63) is 35.4 Å². The third-order valence-corrected chi connectivity index (χ3v) is 5.41. The van der Waals surface area contributed by atoms with E-state index in [2.05, 4.69) is 54.5 Å². The molecule has 8 nitrogen and oxygen atoms in total. The number of anilines is 2. The second-order valence-electron chi connectivity index (χ2n) is 7.39. The lowest BCUT2D eigenvalue weighted by molar-refractivity contribution is 0.424. The van der Waals surface area contributed by atoms with Crippen LogP contribution in [-0.2, 0) is 0 Å². The summed E-state index contributed by atoms with van der Waals surface area (Å²) < 4.78 is 1.78. The van der Waals surface area contributed by atoms with E-state index >= 15 is 0 Å². The van der Waals surface area contributed by atoms with Gasteiger partial charge in [-0.25, -0.2) is 4.98 Å². The summed E-state index contributed by atoms with van der Waals surface area (Å²) in [6.45, 7) is 6.95. The Morgan fingerprint density at radius 3 is 2.73 bits per heavy atom. The summed E-state index contributed by atoms with van der Waals surface area (Å²) in [6, 6.07) is 4.25. The van der Waals surface area contributed by atoms with Crippen molar-refractivity contribution in [3.8, 4) is 0 Å². The smallest absolute Gasteiger partial charge is 0.254 e. The number of aryl methyl sites for hydroxylation is 1. The first kappa shape index (κ1) is 15.5. The molecule has 0 atom stereocenters. The number of nitrogens with zero attached hydrogens (tertiary/aromatic N) is 7. The fourth-order valence-corrected chi connectivity index (χ4v) is 3.47. The average Bonchev–Trinajstić information content (AvgIpc) is 3.36. The van der Waals surface area contributed by atoms with E-state index in [1.54, 1.807) is 10.8 Å². The predicted octanol–water partition coefficient (Wildman–Crippen LogP) is 1.96. The maximum Gasteiger partial charge on any atom is 0.254 e. The van der Waals surface area contributed by atoms with Crippen molar-refractivity contribution in [2.24, 2.45) is 5.92 Å². The summed E-state index contributed by atoms with van der Waals surface area (Å²) in [4.78, 5) is 10.9. The molecule has 0 unspecified atom stereocenters. The summed E-state index contributed by atoms with van der Waals surface area (Å²) >= 11 is 0. The Morgan fingerprint density at radius 2 is 2.00 bits per heavy atom. The number of nitrogens with one attached hydrogen (secondary N) is 1. The number of rotatable bonds is 5. The molecular formula is C18H22N8. The second kappa shape index (κ2) is 5.89. The number of fused-ring (bicyclic) bond motifs is 1. The predicted molar refractivity (Wildman–Crippen MR) is 98.5 cm³/mol. The molecule has 0 aromatic carbocycles. The first-order chi connectivity index (χ1) is 12.7. The molecule has 1 N–H and O–H groups in total. The molecule has 0 spiro atoms. The van der Waals surface area contributed by atoms with Crippen molar-refractivity contribution in [1.82, 2.24) is 29.8 Å². The Hall–Kier alpha value is -2.77. The van der Waals surface area contributed by atoms with Gasteiger partial charge in [0.1, 0.15) is 12.1 Å². The first-order valence-electron chi connectivity index (χ1n) is 9.18. The van der Waals surface area contributed by atoms with Gasteiger partial charge < -0.3 is 10.2 Å². The standard InChI is InChI=1S/C18H22N8/c1-11-12(2)22-18-20-10-21-26(18)17(11)19-7-13-8-25(9-13)16-6-5-15(23-24-16)14-3-4-14/h5-6,10,13-14,19H,3-4,7-9H2,1-2H3. The zero-order chi connectivity index (χ0) is 17.7. The summed E-state index contributed by atoms with van der Waals surface area (Å²) in [5.74, 6) is 3.84. The highest BCUT2D eigenvalue weighted by molar-refractivity contribution is 5.52. The van der Waals surface area contributed by atoms with Crippen LogP contribution in [0.3, 0.4) is 0 Å². The molecule has 3 aromatic rings. The third kappa shape index (κ3) is 2.65. The van der Waals surface area contributed by atoms with Gasteiger partial charge in [-0.1, -0.05) is 0 Å². The summed E-state index contributed by atoms with van der Waals surface area (Å²) in [6.07, 6.45) is 4.07. The van der Waals surface area contributed by atoms with Gasteiger partial charge in [-0.3, -0.25) is 0 Å². The van der Waals surface area contributed by atoms with Crippen LogP contribution in [0.25, 0.3) is 5.78 Å². The van der Waals surface area contributed by atoms with Gasteiger partial charge in [0.25, 0.3) is 5.78 Å². The Labute approximate surface area is 151 Å². The molecular weight excluding hydrogens is 328 g/mol. The monoisotopic (exact) mass is 350 g/mol. The van der Waals surface area contributed by atoms with E-state index in [-0.39, 0.29) is 0 Å². The zero-order valence-corrected chi connectivity index (χ0v) is 15.1. The van der Waals surface area contributed by atoms with Crippen LogP contribution in [0.1, 0.15) is 35.7 Å². The molecule has 1 aliphatic heterocycles. The van der Waals surface area contributed by atoms with E-state index in [1.165, 1.54) is 12.8 Å². The molecule has 0 bridgehead atoms. The molecule has 1 saturated carbocycles. The van der Waals surface area contributed by atoms with E-state index < -0.39 is 0 Å². The van der Waals surface area contributed by atoms with E-state index in [0.29, 0.717) is 17.6 Å². The van der Waals surface area contributed by atoms with Gasteiger partial charge in [0.05, 0.1) is 5.69 Å². The minimum Gasteiger partial charge on any atom is -0.369 e. The molecule has 1 saturated heterocycles. The summed E-state index contributed by atoms with van der Waals surface area (Å²) in [7, 11) is 0. The van der Waals surface area contributed by atoms with Crippen LogP contribution in [-0.4, -0.2) is 49.4 Å². The van der Waals surface area contributed by atoms with E-state index in [1.807, 2.05) is 6.92 Å². The number of hydrogen-bond acceptors (Lipinski definition) is 7. The molecule has 0 amide bonds. The summed E-state index contributed by atoms with van der Waals surface area (Å²) in [5, 5.41) is 16.6. The molecule has 4 heterocycles. The van der Waals surface area contributed by atoms with Crippen LogP contribution in [0.4, 0.5) is 11.6 Å². The van der Waals surface area contributed by atoms with Crippen LogP contribution in [0.2, 0.25) is 0 Å². The highest BCUT2D eigenvalue weighted by Crippen LogP contribution is 2.39. The van der Waals surface area contributed by atoms with Gasteiger partial charge in [0.15, 0.2) is 5.82 Å². The lowest BCUT2D eigenvalue weighted by Gasteiger charge is -2.40. The van der Waals surface area contributed by atoms with Crippen LogP contribution in [0, 0.1) is 19.8 Å². The minimum atomic E-state index is 0.575. The van der Waals surface area contributed by atoms with Gasteiger partial charge in [-0.2, -0.15) is 19.7 Å². The van der Waals surface area contributed by atoms with Crippen molar-refractivity contribution in [1.29, 1.82) is 0 Å². The van der Waals surface area contributed by atoms with Gasteiger partial charge in [-0.05, 0) is 38.8 Å². The largest absolute Gasteiger partial charge is 0.369 e. The summed E-state index contributed by atoms with van der Waals surface area (Å²) in [5.41, 5.74) is 3.24. The molecule has 2 aliphatic rings. The van der Waals surface area contributed by atoms with Crippen LogP contribution in [0.15, 0.2) is 18.5 Å². The lowest BCUT2D eigenvalue weighted by Crippen LogP contribution is -2.50. The van der Waals surface area contributed by atoms with Crippen LogP contribution < -0.4 is 10.2 Å². The maximum atomic E-state index is 4.46. The number of aromatic nitrogens is 6. The van der Waals surface area contributed by atoms with Crippen LogP contribution >= 0.6 is 0 Å². The average molecular weight is 350 g/mol. The van der Waals surface area contributed by atoms with Crippen molar-refractivity contribution in [2.75, 3.05) is 29.9 Å². The van der Waals surface area contributed by atoms with Crippen LogP contribution in [0.5, 0.6) is 0 Å². The molecule has 2 fully saturated rings.